The van der Waals surface area contributed by atoms with Gasteiger partial charge in [-0.1, -0.05) is 109 Å². The van der Waals surface area contributed by atoms with Crippen LogP contribution < -0.4 is 0 Å². The Morgan fingerprint density at radius 2 is 1.05 bits per heavy atom. The zero-order chi connectivity index (χ0) is 28.3. The summed E-state index contributed by atoms with van der Waals surface area (Å²) in [6, 6.07) is 49.0. The van der Waals surface area contributed by atoms with Crippen molar-refractivity contribution in [1.29, 1.82) is 0 Å². The molecule has 0 bridgehead atoms. The molecule has 5 aromatic carbocycles. The fourth-order valence-electron chi connectivity index (χ4n) is 6.21. The molecular formula is C39H23N3S. The van der Waals surface area contributed by atoms with E-state index in [4.69, 9.17) is 15.0 Å². The quantitative estimate of drug-likeness (QED) is 0.200. The van der Waals surface area contributed by atoms with E-state index in [1.807, 2.05) is 18.2 Å². The Balaban J connectivity index is 1.26. The van der Waals surface area contributed by atoms with Crippen LogP contribution in [-0.2, 0) is 0 Å². The van der Waals surface area contributed by atoms with Crippen LogP contribution in [0.5, 0.6) is 0 Å². The van der Waals surface area contributed by atoms with Crippen LogP contribution in [0.15, 0.2) is 140 Å². The van der Waals surface area contributed by atoms with Crippen LogP contribution >= 0.6 is 11.3 Å². The largest absolute Gasteiger partial charge is 0.245 e. The number of pyridine rings is 3. The maximum atomic E-state index is 5.23. The van der Waals surface area contributed by atoms with Crippen molar-refractivity contribution in [3.63, 3.8) is 0 Å². The molecule has 0 atom stereocenters. The summed E-state index contributed by atoms with van der Waals surface area (Å²) < 4.78 is 1.25. The van der Waals surface area contributed by atoms with Gasteiger partial charge in [0, 0.05) is 48.3 Å². The first kappa shape index (κ1) is 24.2. The van der Waals surface area contributed by atoms with Crippen molar-refractivity contribution in [3.05, 3.63) is 140 Å². The Labute approximate surface area is 251 Å². The van der Waals surface area contributed by atoms with Gasteiger partial charge < -0.3 is 0 Å². The number of rotatable bonds is 3. The highest BCUT2D eigenvalue weighted by Gasteiger charge is 2.17. The summed E-state index contributed by atoms with van der Waals surface area (Å²) in [4.78, 5) is 16.5. The summed E-state index contributed by atoms with van der Waals surface area (Å²) in [5.41, 5.74) is 9.28. The average molecular weight is 566 g/mol. The third-order valence-electron chi connectivity index (χ3n) is 8.26. The monoisotopic (exact) mass is 565 g/mol. The number of hydrogen-bond donors (Lipinski definition) is 0. The molecule has 9 aromatic rings. The van der Waals surface area contributed by atoms with Crippen LogP contribution in [0.3, 0.4) is 0 Å². The van der Waals surface area contributed by atoms with Crippen molar-refractivity contribution >= 4 is 64.3 Å². The van der Waals surface area contributed by atoms with Crippen LogP contribution in [0.1, 0.15) is 0 Å². The van der Waals surface area contributed by atoms with Crippen molar-refractivity contribution in [2.24, 2.45) is 0 Å². The first-order chi connectivity index (χ1) is 21.3. The topological polar surface area (TPSA) is 38.7 Å². The van der Waals surface area contributed by atoms with Crippen LogP contribution in [-0.4, -0.2) is 15.0 Å². The molecule has 0 saturated heterocycles. The Hall–Kier alpha value is -5.45. The molecular weight excluding hydrogens is 543 g/mol. The molecule has 0 aliphatic carbocycles. The summed E-state index contributed by atoms with van der Waals surface area (Å²) in [6.45, 7) is 0. The lowest BCUT2D eigenvalue weighted by molar-refractivity contribution is 1.36. The zero-order valence-electron chi connectivity index (χ0n) is 23.0. The lowest BCUT2D eigenvalue weighted by Gasteiger charge is -2.12. The summed E-state index contributed by atoms with van der Waals surface area (Å²) in [7, 11) is 0. The SMILES string of the molecule is c1ccc(-c2ccc3ccc4ccc(-c5cccc(-c6c7ccccc7nc7sc8ccccc8c67)c5)nc4c3n2)cc1. The van der Waals surface area contributed by atoms with Crippen LogP contribution in [0.2, 0.25) is 0 Å². The van der Waals surface area contributed by atoms with Crippen molar-refractivity contribution in [2.75, 3.05) is 0 Å². The molecule has 200 valence electrons. The molecule has 4 heteroatoms. The number of benzene rings is 5. The average Bonchev–Trinajstić information content (AvgIpc) is 3.45. The summed E-state index contributed by atoms with van der Waals surface area (Å²) >= 11 is 1.76. The normalized spacial score (nSPS) is 11.7. The van der Waals surface area contributed by atoms with Gasteiger partial charge >= 0.3 is 0 Å². The van der Waals surface area contributed by atoms with Crippen molar-refractivity contribution in [3.8, 4) is 33.6 Å². The predicted molar refractivity (Wildman–Crippen MR) is 182 cm³/mol. The number of aromatic nitrogens is 3. The van der Waals surface area contributed by atoms with Crippen molar-refractivity contribution in [1.82, 2.24) is 15.0 Å². The van der Waals surface area contributed by atoms with Gasteiger partial charge in [-0.25, -0.2) is 15.0 Å². The third kappa shape index (κ3) is 3.92. The summed E-state index contributed by atoms with van der Waals surface area (Å²) in [6.07, 6.45) is 0. The maximum Gasteiger partial charge on any atom is 0.125 e. The molecule has 0 saturated carbocycles. The molecule has 3 nitrogen and oxygen atoms in total. The smallest absolute Gasteiger partial charge is 0.125 e. The molecule has 0 fully saturated rings. The van der Waals surface area contributed by atoms with E-state index in [0.717, 1.165) is 65.6 Å². The third-order valence-corrected chi connectivity index (χ3v) is 9.32. The molecule has 4 heterocycles. The molecule has 0 spiro atoms. The lowest BCUT2D eigenvalue weighted by Crippen LogP contribution is -1.92. The van der Waals surface area contributed by atoms with Gasteiger partial charge in [0.25, 0.3) is 0 Å². The van der Waals surface area contributed by atoms with Gasteiger partial charge in [-0.15, -0.1) is 11.3 Å². The van der Waals surface area contributed by atoms with Gasteiger partial charge in [0.15, 0.2) is 0 Å². The molecule has 0 aliphatic heterocycles. The highest BCUT2D eigenvalue weighted by Crippen LogP contribution is 2.43. The Morgan fingerprint density at radius 3 is 1.84 bits per heavy atom. The van der Waals surface area contributed by atoms with Crippen LogP contribution in [0, 0.1) is 0 Å². The van der Waals surface area contributed by atoms with Gasteiger partial charge in [-0.2, -0.15) is 0 Å². The van der Waals surface area contributed by atoms with Gasteiger partial charge in [0.05, 0.1) is 27.9 Å². The van der Waals surface area contributed by atoms with E-state index in [0.29, 0.717) is 0 Å². The van der Waals surface area contributed by atoms with Gasteiger partial charge in [0.1, 0.15) is 4.83 Å². The van der Waals surface area contributed by atoms with Crippen LogP contribution in [0.25, 0.3) is 86.7 Å². The van der Waals surface area contributed by atoms with Crippen molar-refractivity contribution < 1.29 is 0 Å². The highest BCUT2D eigenvalue weighted by atomic mass is 32.1. The standard InChI is InChI=1S/C39H23N3S/c1-2-9-24(10-3-1)31-21-19-25-17-18-26-20-22-32(41-38(26)37(25)40-31)27-11-8-12-28(23-27)35-29-13-4-6-15-33(29)42-39-36(35)30-14-5-7-16-34(30)43-39/h1-23H. The van der Waals surface area contributed by atoms with Gasteiger partial charge in [-0.3, -0.25) is 0 Å². The number of thiophene rings is 1. The molecule has 9 rings (SSSR count). The zero-order valence-corrected chi connectivity index (χ0v) is 23.8. The highest BCUT2D eigenvalue weighted by molar-refractivity contribution is 7.25. The second-order valence-electron chi connectivity index (χ2n) is 10.8. The molecule has 0 radical (unpaired) electrons. The number of fused-ring (bicyclic) bond motifs is 7. The Kier molecular flexibility index (Phi) is 5.37. The lowest BCUT2D eigenvalue weighted by atomic mass is 9.94. The van der Waals surface area contributed by atoms with E-state index in [-0.39, 0.29) is 0 Å². The second kappa shape index (κ2) is 9.55. The first-order valence-electron chi connectivity index (χ1n) is 14.4. The molecule has 0 amide bonds. The number of para-hydroxylation sites is 1. The molecule has 43 heavy (non-hydrogen) atoms. The van der Waals surface area contributed by atoms with E-state index < -0.39 is 0 Å². The van der Waals surface area contributed by atoms with Crippen molar-refractivity contribution in [2.45, 2.75) is 0 Å². The minimum absolute atomic E-state index is 0.916. The summed E-state index contributed by atoms with van der Waals surface area (Å²) in [5, 5.41) is 5.78. The Bertz CT molecular complexity index is 2510. The van der Waals surface area contributed by atoms with E-state index >= 15 is 0 Å². The second-order valence-corrected chi connectivity index (χ2v) is 11.9. The van der Waals surface area contributed by atoms with E-state index in [2.05, 4.69) is 121 Å². The van der Waals surface area contributed by atoms with Gasteiger partial charge in [-0.05, 0) is 35.9 Å². The fourth-order valence-corrected chi connectivity index (χ4v) is 7.30. The van der Waals surface area contributed by atoms with Crippen LogP contribution in [0.4, 0.5) is 0 Å². The fraction of sp³-hybridized carbons (Fsp3) is 0. The minimum Gasteiger partial charge on any atom is -0.245 e. The van der Waals surface area contributed by atoms with E-state index in [9.17, 15) is 0 Å². The maximum absolute atomic E-state index is 5.23. The molecule has 0 unspecified atom stereocenters. The molecule has 0 N–H and O–H groups in total. The molecule has 0 aliphatic rings. The number of nitrogens with zero attached hydrogens (tertiary/aromatic N) is 3. The minimum atomic E-state index is 0.916. The Morgan fingerprint density at radius 1 is 0.442 bits per heavy atom. The van der Waals surface area contributed by atoms with Gasteiger partial charge in [0.2, 0.25) is 0 Å². The predicted octanol–water partition coefficient (Wildman–Crippen LogP) is 10.7. The first-order valence-corrected chi connectivity index (χ1v) is 15.2. The van der Waals surface area contributed by atoms with E-state index in [1.165, 1.54) is 21.0 Å². The number of hydrogen-bond acceptors (Lipinski definition) is 4. The van der Waals surface area contributed by atoms with E-state index in [1.54, 1.807) is 11.3 Å². The molecule has 4 aromatic heterocycles. The summed E-state index contributed by atoms with van der Waals surface area (Å²) in [5.74, 6) is 0.